The second kappa shape index (κ2) is 8.63. The number of morpholine rings is 1. The van der Waals surface area contributed by atoms with E-state index in [2.05, 4.69) is 34.0 Å². The van der Waals surface area contributed by atoms with Crippen molar-refractivity contribution in [3.8, 4) is 0 Å². The number of aryl methyl sites for hydroxylation is 3. The molecular weight excluding hydrogens is 360 g/mol. The van der Waals surface area contributed by atoms with Crippen molar-refractivity contribution in [3.05, 3.63) is 22.0 Å². The Morgan fingerprint density at radius 2 is 1.93 bits per heavy atom. The van der Waals surface area contributed by atoms with E-state index in [1.165, 1.54) is 11.3 Å². The van der Waals surface area contributed by atoms with Gasteiger partial charge in [-0.25, -0.2) is 9.97 Å². The lowest BCUT2D eigenvalue weighted by Crippen LogP contribution is -2.49. The Hall–Kier alpha value is -1.57. The molecule has 2 aromatic rings. The van der Waals surface area contributed by atoms with Crippen molar-refractivity contribution in [2.75, 3.05) is 32.8 Å². The van der Waals surface area contributed by atoms with Crippen molar-refractivity contribution in [3.63, 3.8) is 0 Å². The molecule has 0 spiro atoms. The standard InChI is InChI=1S/C20H30N4O2S/c1-12(2)10-16(24-6-8-26-9-7-24)11-21-19(25)18-13(3)17-14(4)22-15(5)23-20(17)27-18/h12,16H,6-11H2,1-5H3,(H,21,25). The van der Waals surface area contributed by atoms with Crippen LogP contribution >= 0.6 is 11.3 Å². The topological polar surface area (TPSA) is 67.4 Å². The molecule has 1 saturated heterocycles. The first-order valence-electron chi connectivity index (χ1n) is 9.71. The van der Waals surface area contributed by atoms with Gasteiger partial charge in [-0.3, -0.25) is 9.69 Å². The van der Waals surface area contributed by atoms with Crippen molar-refractivity contribution in [2.45, 2.75) is 47.1 Å². The molecule has 1 unspecified atom stereocenters. The first-order chi connectivity index (χ1) is 12.9. The number of carbonyl (C=O) groups excluding carboxylic acids is 1. The van der Waals surface area contributed by atoms with Crippen LogP contribution in [0.25, 0.3) is 10.2 Å². The number of aromatic nitrogens is 2. The van der Waals surface area contributed by atoms with E-state index in [4.69, 9.17) is 4.74 Å². The van der Waals surface area contributed by atoms with Crippen molar-refractivity contribution in [2.24, 2.45) is 5.92 Å². The van der Waals surface area contributed by atoms with Gasteiger partial charge < -0.3 is 10.1 Å². The zero-order chi connectivity index (χ0) is 19.6. The van der Waals surface area contributed by atoms with Crippen molar-refractivity contribution in [1.82, 2.24) is 20.2 Å². The molecule has 1 aliphatic heterocycles. The zero-order valence-electron chi connectivity index (χ0n) is 17.0. The van der Waals surface area contributed by atoms with Gasteiger partial charge in [0.15, 0.2) is 0 Å². The molecular formula is C20H30N4O2S. The highest BCUT2D eigenvalue weighted by atomic mass is 32.1. The monoisotopic (exact) mass is 390 g/mol. The van der Waals surface area contributed by atoms with Crippen LogP contribution in [0.15, 0.2) is 0 Å². The van der Waals surface area contributed by atoms with Crippen LogP contribution < -0.4 is 5.32 Å². The van der Waals surface area contributed by atoms with Gasteiger partial charge in [0.2, 0.25) is 0 Å². The summed E-state index contributed by atoms with van der Waals surface area (Å²) in [4.78, 5) is 26.0. The predicted octanol–water partition coefficient (Wildman–Crippen LogP) is 3.09. The number of carbonyl (C=O) groups is 1. The molecule has 0 aromatic carbocycles. The third-order valence-corrected chi connectivity index (χ3v) is 6.28. The van der Waals surface area contributed by atoms with Crippen LogP contribution in [-0.2, 0) is 4.74 Å². The van der Waals surface area contributed by atoms with Crippen molar-refractivity contribution >= 4 is 27.5 Å². The van der Waals surface area contributed by atoms with Gasteiger partial charge in [-0.15, -0.1) is 11.3 Å². The van der Waals surface area contributed by atoms with Gasteiger partial charge in [0.25, 0.3) is 5.91 Å². The molecule has 2 aromatic heterocycles. The molecule has 1 atom stereocenters. The van der Waals surface area contributed by atoms with Crippen LogP contribution in [0.3, 0.4) is 0 Å². The maximum atomic E-state index is 12.9. The largest absolute Gasteiger partial charge is 0.379 e. The number of hydrogen-bond donors (Lipinski definition) is 1. The number of rotatable bonds is 6. The van der Waals surface area contributed by atoms with E-state index in [0.29, 0.717) is 18.5 Å². The van der Waals surface area contributed by atoms with Gasteiger partial charge >= 0.3 is 0 Å². The average Bonchev–Trinajstić information content (AvgIpc) is 2.95. The summed E-state index contributed by atoms with van der Waals surface area (Å²) >= 11 is 1.46. The van der Waals surface area contributed by atoms with Gasteiger partial charge in [0, 0.05) is 36.8 Å². The van der Waals surface area contributed by atoms with E-state index in [-0.39, 0.29) is 5.91 Å². The lowest BCUT2D eigenvalue weighted by atomic mass is 10.0. The van der Waals surface area contributed by atoms with Gasteiger partial charge in [-0.1, -0.05) is 13.8 Å². The highest BCUT2D eigenvalue weighted by molar-refractivity contribution is 7.20. The summed E-state index contributed by atoms with van der Waals surface area (Å²) in [5.41, 5.74) is 1.92. The molecule has 7 heteroatoms. The molecule has 0 bridgehead atoms. The minimum absolute atomic E-state index is 0.00503. The second-order valence-electron chi connectivity index (χ2n) is 7.73. The average molecular weight is 391 g/mol. The summed E-state index contributed by atoms with van der Waals surface area (Å²) in [6.45, 7) is 14.4. The molecule has 1 amide bonds. The van der Waals surface area contributed by atoms with Crippen LogP contribution in [0, 0.1) is 26.7 Å². The van der Waals surface area contributed by atoms with Gasteiger partial charge in [0.05, 0.1) is 18.1 Å². The maximum Gasteiger partial charge on any atom is 0.261 e. The van der Waals surface area contributed by atoms with E-state index in [0.717, 1.165) is 64.9 Å². The Bertz CT molecular complexity index is 812. The van der Waals surface area contributed by atoms with Crippen LogP contribution in [0.1, 0.15) is 47.0 Å². The third-order valence-electron chi connectivity index (χ3n) is 5.09. The normalized spacial score (nSPS) is 16.8. The highest BCUT2D eigenvalue weighted by Crippen LogP contribution is 2.31. The molecule has 148 valence electrons. The molecule has 1 aliphatic rings. The third kappa shape index (κ3) is 4.65. The first kappa shape index (κ1) is 20.2. The number of hydrogen-bond acceptors (Lipinski definition) is 6. The van der Waals surface area contributed by atoms with Crippen LogP contribution in [0.4, 0.5) is 0 Å². The fourth-order valence-corrected chi connectivity index (χ4v) is 5.02. The molecule has 0 aliphatic carbocycles. The molecule has 3 heterocycles. The van der Waals surface area contributed by atoms with Crippen molar-refractivity contribution in [1.29, 1.82) is 0 Å². The summed E-state index contributed by atoms with van der Waals surface area (Å²) in [6.07, 6.45) is 1.06. The van der Waals surface area contributed by atoms with E-state index in [9.17, 15) is 4.79 Å². The molecule has 1 fully saturated rings. The number of fused-ring (bicyclic) bond motifs is 1. The SMILES string of the molecule is Cc1nc(C)c2c(C)c(C(=O)NCC(CC(C)C)N3CCOCC3)sc2n1. The van der Waals surface area contributed by atoms with Crippen LogP contribution in [0.5, 0.6) is 0 Å². The van der Waals surface area contributed by atoms with Gasteiger partial charge in [0.1, 0.15) is 10.7 Å². The summed E-state index contributed by atoms with van der Waals surface area (Å²) in [7, 11) is 0. The Kier molecular flexibility index (Phi) is 6.44. The van der Waals surface area contributed by atoms with E-state index < -0.39 is 0 Å². The molecule has 0 saturated carbocycles. The van der Waals surface area contributed by atoms with E-state index in [1.807, 2.05) is 20.8 Å². The fraction of sp³-hybridized carbons (Fsp3) is 0.650. The molecule has 6 nitrogen and oxygen atoms in total. The molecule has 27 heavy (non-hydrogen) atoms. The predicted molar refractivity (Wildman–Crippen MR) is 110 cm³/mol. The van der Waals surface area contributed by atoms with Gasteiger partial charge in [-0.05, 0) is 38.7 Å². The lowest BCUT2D eigenvalue weighted by molar-refractivity contribution is 0.0125. The quantitative estimate of drug-likeness (QED) is 0.821. The second-order valence-corrected chi connectivity index (χ2v) is 8.73. The van der Waals surface area contributed by atoms with Crippen molar-refractivity contribution < 1.29 is 9.53 Å². The number of ether oxygens (including phenoxy) is 1. The fourth-order valence-electron chi connectivity index (χ4n) is 3.83. The number of amides is 1. The summed E-state index contributed by atoms with van der Waals surface area (Å²) in [6, 6.07) is 0.344. The minimum atomic E-state index is -0.00503. The van der Waals surface area contributed by atoms with Crippen LogP contribution in [-0.4, -0.2) is 59.7 Å². The zero-order valence-corrected chi connectivity index (χ0v) is 17.8. The maximum absolute atomic E-state index is 12.9. The smallest absolute Gasteiger partial charge is 0.261 e. The highest BCUT2D eigenvalue weighted by Gasteiger charge is 2.24. The molecule has 0 radical (unpaired) electrons. The number of thiophene rings is 1. The Labute approximate surface area is 165 Å². The Balaban J connectivity index is 1.74. The number of nitrogens with one attached hydrogen (secondary N) is 1. The number of nitrogens with zero attached hydrogens (tertiary/aromatic N) is 3. The lowest BCUT2D eigenvalue weighted by Gasteiger charge is -2.35. The summed E-state index contributed by atoms with van der Waals surface area (Å²) in [5, 5.41) is 4.19. The summed E-state index contributed by atoms with van der Waals surface area (Å²) < 4.78 is 5.48. The summed E-state index contributed by atoms with van der Waals surface area (Å²) in [5.74, 6) is 1.33. The Morgan fingerprint density at radius 3 is 2.59 bits per heavy atom. The minimum Gasteiger partial charge on any atom is -0.379 e. The first-order valence-corrected chi connectivity index (χ1v) is 10.5. The van der Waals surface area contributed by atoms with E-state index >= 15 is 0 Å². The van der Waals surface area contributed by atoms with E-state index in [1.54, 1.807) is 0 Å². The Morgan fingerprint density at radius 1 is 1.22 bits per heavy atom. The molecule has 3 rings (SSSR count). The van der Waals surface area contributed by atoms with Gasteiger partial charge in [-0.2, -0.15) is 0 Å². The van der Waals surface area contributed by atoms with Crippen LogP contribution in [0.2, 0.25) is 0 Å². The molecule has 1 N–H and O–H groups in total.